The van der Waals surface area contributed by atoms with Crippen LogP contribution in [0.5, 0.6) is 5.75 Å². The molecule has 0 bridgehead atoms. The number of hydrogen-bond acceptors (Lipinski definition) is 4. The second kappa shape index (κ2) is 8.19. The van der Waals surface area contributed by atoms with Gasteiger partial charge in [0.1, 0.15) is 5.75 Å². The molecule has 5 rings (SSSR count). The third-order valence-electron chi connectivity index (χ3n) is 7.44. The number of carbonyl (C=O) groups excluding carboxylic acids is 2. The molecule has 6 nitrogen and oxygen atoms in total. The summed E-state index contributed by atoms with van der Waals surface area (Å²) >= 11 is 0. The first kappa shape index (κ1) is 21.5. The summed E-state index contributed by atoms with van der Waals surface area (Å²) in [4.78, 5) is 30.6. The molecule has 0 unspecified atom stereocenters. The number of aromatic nitrogens is 1. The Morgan fingerprint density at radius 3 is 2.33 bits per heavy atom. The van der Waals surface area contributed by atoms with Crippen molar-refractivity contribution >= 4 is 11.7 Å². The average molecular weight is 446 g/mol. The van der Waals surface area contributed by atoms with Crippen LogP contribution in [0.1, 0.15) is 51.9 Å². The summed E-state index contributed by atoms with van der Waals surface area (Å²) in [5.74, 6) is 0.258. The summed E-state index contributed by atoms with van der Waals surface area (Å²) in [6, 6.07) is 18.5. The van der Waals surface area contributed by atoms with E-state index in [1.54, 1.807) is 25.1 Å². The molecule has 1 fully saturated rings. The Morgan fingerprint density at radius 2 is 1.64 bits per heavy atom. The number of fused-ring (bicyclic) bond motifs is 2. The highest BCUT2D eigenvalue weighted by Crippen LogP contribution is 2.42. The minimum absolute atomic E-state index is 0. The van der Waals surface area contributed by atoms with E-state index < -0.39 is 0 Å². The van der Waals surface area contributed by atoms with E-state index in [-0.39, 0.29) is 24.4 Å². The van der Waals surface area contributed by atoms with Crippen LogP contribution in [0.15, 0.2) is 60.7 Å². The zero-order valence-corrected chi connectivity index (χ0v) is 19.1. The van der Waals surface area contributed by atoms with Gasteiger partial charge in [0.05, 0.1) is 11.2 Å². The fourth-order valence-corrected chi connectivity index (χ4v) is 5.40. The maximum absolute atomic E-state index is 13.2. The second-order valence-corrected chi connectivity index (χ2v) is 9.20. The Labute approximate surface area is 195 Å². The summed E-state index contributed by atoms with van der Waals surface area (Å²) in [6.07, 6.45) is 1.63. The van der Waals surface area contributed by atoms with Crippen molar-refractivity contribution < 1.29 is 16.1 Å². The van der Waals surface area contributed by atoms with Crippen LogP contribution in [0.25, 0.3) is 0 Å². The van der Waals surface area contributed by atoms with E-state index in [0.717, 1.165) is 31.6 Å². The maximum Gasteiger partial charge on any atom is 0.253 e. The van der Waals surface area contributed by atoms with Gasteiger partial charge in [0.15, 0.2) is 0 Å². The fraction of sp³-hybridized carbons (Fsp3) is 0.333. The molecular formula is C27H31N3O3. The van der Waals surface area contributed by atoms with Crippen molar-refractivity contribution in [2.75, 3.05) is 26.7 Å². The first-order chi connectivity index (χ1) is 15.9. The van der Waals surface area contributed by atoms with Crippen LogP contribution < -0.4 is 0 Å². The Bertz CT molecular complexity index is 1210. The third-order valence-corrected chi connectivity index (χ3v) is 7.44. The van der Waals surface area contributed by atoms with Crippen LogP contribution in [0, 0.1) is 6.92 Å². The lowest BCUT2D eigenvalue weighted by Crippen LogP contribution is -2.56. The van der Waals surface area contributed by atoms with Crippen molar-refractivity contribution in [1.29, 1.82) is 0 Å². The highest BCUT2D eigenvalue weighted by atomic mass is 16.3. The van der Waals surface area contributed by atoms with Crippen molar-refractivity contribution in [1.82, 2.24) is 14.4 Å². The highest BCUT2D eigenvalue weighted by molar-refractivity contribution is 6.08. The number of carbonyl (C=O) groups is 2. The molecule has 3 heterocycles. The van der Waals surface area contributed by atoms with E-state index in [0.29, 0.717) is 29.8 Å². The van der Waals surface area contributed by atoms with Crippen LogP contribution in [0.2, 0.25) is 0 Å². The van der Waals surface area contributed by atoms with Crippen molar-refractivity contribution in [2.24, 2.45) is 0 Å². The molecule has 0 atom stereocenters. The normalized spacial score (nSPS) is 17.7. The fourth-order valence-electron chi connectivity index (χ4n) is 5.40. The van der Waals surface area contributed by atoms with E-state index >= 15 is 0 Å². The predicted octanol–water partition coefficient (Wildman–Crippen LogP) is 4.06. The van der Waals surface area contributed by atoms with Gasteiger partial charge in [-0.05, 0) is 62.7 Å². The van der Waals surface area contributed by atoms with E-state index in [9.17, 15) is 14.7 Å². The van der Waals surface area contributed by atoms with E-state index in [4.69, 9.17) is 0 Å². The molecule has 1 aromatic heterocycles. The number of aromatic hydroxyl groups is 1. The number of amides is 1. The van der Waals surface area contributed by atoms with Gasteiger partial charge >= 0.3 is 0 Å². The molecular weight excluding hydrogens is 414 g/mol. The number of piperidine rings is 1. The number of aryl methyl sites for hydroxylation is 1. The van der Waals surface area contributed by atoms with Crippen molar-refractivity contribution in [3.8, 4) is 5.75 Å². The summed E-state index contributed by atoms with van der Waals surface area (Å²) in [6.45, 7) is 4.75. The van der Waals surface area contributed by atoms with Crippen LogP contribution in [0.4, 0.5) is 0 Å². The van der Waals surface area contributed by atoms with Crippen molar-refractivity contribution in [3.63, 3.8) is 0 Å². The third kappa shape index (κ3) is 3.55. The van der Waals surface area contributed by atoms with E-state index in [2.05, 4.69) is 22.6 Å². The van der Waals surface area contributed by atoms with Gasteiger partial charge in [-0.2, -0.15) is 0 Å². The van der Waals surface area contributed by atoms with Crippen LogP contribution in [-0.4, -0.2) is 57.8 Å². The molecule has 1 amide bonds. The van der Waals surface area contributed by atoms with E-state index in [1.165, 1.54) is 5.69 Å². The topological polar surface area (TPSA) is 65.8 Å². The summed E-state index contributed by atoms with van der Waals surface area (Å²) < 4.78 is 2.19. The lowest BCUT2D eigenvalue weighted by Gasteiger charge is -2.50. The number of phenolic OH excluding ortho intramolecular Hbond substituents is 1. The molecule has 2 aliphatic heterocycles. The molecule has 6 heteroatoms. The van der Waals surface area contributed by atoms with Gasteiger partial charge in [0.25, 0.3) is 5.91 Å². The summed E-state index contributed by atoms with van der Waals surface area (Å²) in [5, 5.41) is 9.78. The molecule has 33 heavy (non-hydrogen) atoms. The number of likely N-dealkylation sites (N-methyl/N-ethyl adjacent to an activating group) is 1. The van der Waals surface area contributed by atoms with Gasteiger partial charge in [-0.15, -0.1) is 0 Å². The summed E-state index contributed by atoms with van der Waals surface area (Å²) in [5.41, 5.74) is 3.74. The number of hydrogen-bond donors (Lipinski definition) is 1. The number of benzene rings is 2. The van der Waals surface area contributed by atoms with Crippen molar-refractivity contribution in [2.45, 2.75) is 31.8 Å². The minimum atomic E-state index is -0.185. The monoisotopic (exact) mass is 445 g/mol. The van der Waals surface area contributed by atoms with Gasteiger partial charge in [-0.25, -0.2) is 0 Å². The quantitative estimate of drug-likeness (QED) is 0.618. The SMILES string of the molecule is Cc1cc(C(=O)N2CCC3(CC2)c2ccc(C(=O)c4ccccc4)n2CCN3C)ccc1O.[HH]. The van der Waals surface area contributed by atoms with Crippen LogP contribution >= 0.6 is 0 Å². The van der Waals surface area contributed by atoms with Crippen LogP contribution in [-0.2, 0) is 12.1 Å². The Kier molecular flexibility index (Phi) is 5.33. The van der Waals surface area contributed by atoms with Crippen LogP contribution in [0.3, 0.4) is 0 Å². The Morgan fingerprint density at radius 1 is 0.909 bits per heavy atom. The largest absolute Gasteiger partial charge is 0.508 e. The smallest absolute Gasteiger partial charge is 0.253 e. The van der Waals surface area contributed by atoms with Gasteiger partial charge in [0.2, 0.25) is 5.78 Å². The maximum atomic E-state index is 13.2. The number of nitrogens with zero attached hydrogens (tertiary/aromatic N) is 3. The molecule has 0 radical (unpaired) electrons. The molecule has 172 valence electrons. The average Bonchev–Trinajstić information content (AvgIpc) is 3.28. The molecule has 2 aromatic carbocycles. The zero-order chi connectivity index (χ0) is 23.2. The van der Waals surface area contributed by atoms with Gasteiger partial charge < -0.3 is 14.6 Å². The van der Waals surface area contributed by atoms with Gasteiger partial charge in [-0.3, -0.25) is 14.5 Å². The number of ketones is 1. The Hall–Kier alpha value is -3.38. The molecule has 1 saturated heterocycles. The predicted molar refractivity (Wildman–Crippen MR) is 129 cm³/mol. The number of phenols is 1. The molecule has 0 saturated carbocycles. The molecule has 0 aliphatic carbocycles. The first-order valence-electron chi connectivity index (χ1n) is 11.5. The Balaban J connectivity index is 0.00000274. The molecule has 1 spiro atoms. The van der Waals surface area contributed by atoms with Gasteiger partial charge in [0, 0.05) is 44.4 Å². The van der Waals surface area contributed by atoms with Gasteiger partial charge in [-0.1, -0.05) is 30.3 Å². The number of rotatable bonds is 3. The second-order valence-electron chi connectivity index (χ2n) is 9.20. The molecule has 3 aromatic rings. The lowest BCUT2D eigenvalue weighted by atomic mass is 9.81. The zero-order valence-electron chi connectivity index (χ0n) is 19.1. The summed E-state index contributed by atoms with van der Waals surface area (Å²) in [7, 11) is 2.15. The highest BCUT2D eigenvalue weighted by Gasteiger charge is 2.45. The first-order valence-corrected chi connectivity index (χ1v) is 11.5. The molecule has 1 N–H and O–H groups in total. The number of likely N-dealkylation sites (tertiary alicyclic amines) is 1. The minimum Gasteiger partial charge on any atom is -0.508 e. The standard InChI is InChI=1S/C27H29N3O3.H2/c1-19-18-21(8-10-23(19)31)26(33)29-14-12-27(13-15-29)24-11-9-22(30(24)17-16-28(27)2)25(32)20-6-4-3-5-7-20;/h3-11,18,31H,12-17H2,1-2H3;1H. The molecule has 2 aliphatic rings. The van der Waals surface area contributed by atoms with E-state index in [1.807, 2.05) is 41.3 Å². The van der Waals surface area contributed by atoms with Crippen molar-refractivity contribution in [3.05, 3.63) is 88.7 Å². The lowest BCUT2D eigenvalue weighted by molar-refractivity contribution is 0.0128.